The van der Waals surface area contributed by atoms with E-state index in [-0.39, 0.29) is 35.9 Å². The van der Waals surface area contributed by atoms with Gasteiger partial charge in [0.1, 0.15) is 36.6 Å². The van der Waals surface area contributed by atoms with E-state index >= 15 is 0 Å². The molecular formula is C20H21F2N3O5. The quantitative estimate of drug-likeness (QED) is 0.480. The third kappa shape index (κ3) is 4.56. The molecule has 0 fully saturated rings. The standard InChI is InChI=1S/C20H21F2N3O5/c1-11-6-17(29-10-14-15(21)4-3-5-16(14)22)19-23-12(2)18(25(19)7-11)20(28)24-30-9-13(27)8-26/h3-7,13,26-27H,8-10H2,1-2H3,(H,24,28)/t13-/m1/s1. The first-order chi connectivity index (χ1) is 14.3. The van der Waals surface area contributed by atoms with Crippen LogP contribution in [0.2, 0.25) is 0 Å². The second kappa shape index (κ2) is 9.16. The number of aryl methyl sites for hydroxylation is 2. The first kappa shape index (κ1) is 21.6. The number of imidazole rings is 1. The van der Waals surface area contributed by atoms with Gasteiger partial charge in [-0.05, 0) is 37.6 Å². The lowest BCUT2D eigenvalue weighted by Crippen LogP contribution is -2.30. The number of ether oxygens (including phenoxy) is 1. The summed E-state index contributed by atoms with van der Waals surface area (Å²) in [6.45, 7) is 2.22. The Morgan fingerprint density at radius 2 is 2.00 bits per heavy atom. The number of hydrogen-bond donors (Lipinski definition) is 3. The molecule has 3 aromatic rings. The number of benzene rings is 1. The zero-order chi connectivity index (χ0) is 21.8. The molecule has 0 bridgehead atoms. The lowest BCUT2D eigenvalue weighted by molar-refractivity contribution is -0.0297. The van der Waals surface area contributed by atoms with Gasteiger partial charge in [-0.3, -0.25) is 14.0 Å². The molecule has 0 radical (unpaired) electrons. The molecule has 0 unspecified atom stereocenters. The largest absolute Gasteiger partial charge is 0.485 e. The molecular weight excluding hydrogens is 400 g/mol. The van der Waals surface area contributed by atoms with Gasteiger partial charge in [0.15, 0.2) is 11.4 Å². The zero-order valence-corrected chi connectivity index (χ0v) is 16.4. The van der Waals surface area contributed by atoms with E-state index in [0.29, 0.717) is 5.69 Å². The third-order valence-electron chi connectivity index (χ3n) is 4.30. The van der Waals surface area contributed by atoms with Crippen molar-refractivity contribution in [3.05, 3.63) is 64.6 Å². The van der Waals surface area contributed by atoms with E-state index in [1.165, 1.54) is 10.5 Å². The van der Waals surface area contributed by atoms with E-state index in [4.69, 9.17) is 14.7 Å². The first-order valence-corrected chi connectivity index (χ1v) is 9.07. The van der Waals surface area contributed by atoms with Gasteiger partial charge in [-0.1, -0.05) is 6.07 Å². The molecule has 2 heterocycles. The Bertz CT molecular complexity index is 1050. The van der Waals surface area contributed by atoms with Crippen molar-refractivity contribution in [3.63, 3.8) is 0 Å². The van der Waals surface area contributed by atoms with Crippen LogP contribution in [0.1, 0.15) is 27.3 Å². The number of aliphatic hydroxyl groups is 2. The molecule has 8 nitrogen and oxygen atoms in total. The first-order valence-electron chi connectivity index (χ1n) is 9.07. The number of fused-ring (bicyclic) bond motifs is 1. The summed E-state index contributed by atoms with van der Waals surface area (Å²) in [5, 5.41) is 18.1. The van der Waals surface area contributed by atoms with Crippen LogP contribution in [0.4, 0.5) is 8.78 Å². The van der Waals surface area contributed by atoms with Crippen LogP contribution >= 0.6 is 0 Å². The Morgan fingerprint density at radius 3 is 2.67 bits per heavy atom. The van der Waals surface area contributed by atoms with Crippen LogP contribution in [0.25, 0.3) is 5.65 Å². The summed E-state index contributed by atoms with van der Waals surface area (Å²) in [6, 6.07) is 5.20. The van der Waals surface area contributed by atoms with Gasteiger partial charge in [-0.2, -0.15) is 0 Å². The van der Waals surface area contributed by atoms with Crippen molar-refractivity contribution in [1.82, 2.24) is 14.9 Å². The number of rotatable bonds is 8. The van der Waals surface area contributed by atoms with Crippen LogP contribution in [-0.2, 0) is 11.4 Å². The Kier molecular flexibility index (Phi) is 6.60. The number of carbonyl (C=O) groups is 1. The zero-order valence-electron chi connectivity index (χ0n) is 16.4. The monoisotopic (exact) mass is 421 g/mol. The van der Waals surface area contributed by atoms with Crippen LogP contribution < -0.4 is 10.2 Å². The second-order valence-corrected chi connectivity index (χ2v) is 6.69. The van der Waals surface area contributed by atoms with Crippen LogP contribution in [0.3, 0.4) is 0 Å². The lowest BCUT2D eigenvalue weighted by Gasteiger charge is -2.12. The van der Waals surface area contributed by atoms with Crippen LogP contribution in [0.15, 0.2) is 30.5 Å². The molecule has 0 saturated carbocycles. The summed E-state index contributed by atoms with van der Waals surface area (Å²) in [7, 11) is 0. The Morgan fingerprint density at radius 1 is 1.30 bits per heavy atom. The molecule has 160 valence electrons. The van der Waals surface area contributed by atoms with Gasteiger partial charge in [0, 0.05) is 6.20 Å². The SMILES string of the molecule is Cc1cc(OCc2c(F)cccc2F)c2nc(C)c(C(=O)NOC[C@H](O)CO)n2c1. The second-order valence-electron chi connectivity index (χ2n) is 6.69. The summed E-state index contributed by atoms with van der Waals surface area (Å²) in [5.74, 6) is -1.82. The molecule has 3 rings (SSSR count). The number of nitrogens with one attached hydrogen (secondary N) is 1. The molecule has 0 spiro atoms. The number of carbonyl (C=O) groups excluding carboxylic acids is 1. The Hall–Kier alpha value is -3.08. The van der Waals surface area contributed by atoms with Gasteiger partial charge in [-0.15, -0.1) is 0 Å². The minimum Gasteiger partial charge on any atom is -0.485 e. The van der Waals surface area contributed by atoms with Crippen molar-refractivity contribution < 1.29 is 33.4 Å². The molecule has 1 aromatic carbocycles. The number of halogens is 2. The summed E-state index contributed by atoms with van der Waals surface area (Å²) >= 11 is 0. The molecule has 10 heteroatoms. The average Bonchev–Trinajstić information content (AvgIpc) is 3.03. The van der Waals surface area contributed by atoms with Crippen molar-refractivity contribution in [2.75, 3.05) is 13.2 Å². The molecule has 30 heavy (non-hydrogen) atoms. The molecule has 0 aliphatic heterocycles. The van der Waals surface area contributed by atoms with Gasteiger partial charge in [0.2, 0.25) is 0 Å². The van der Waals surface area contributed by atoms with Crippen LogP contribution in [0.5, 0.6) is 5.75 Å². The fourth-order valence-electron chi connectivity index (χ4n) is 2.86. The van der Waals surface area contributed by atoms with E-state index < -0.39 is 30.3 Å². The highest BCUT2D eigenvalue weighted by Gasteiger charge is 2.20. The smallest absolute Gasteiger partial charge is 0.293 e. The van der Waals surface area contributed by atoms with Crippen molar-refractivity contribution in [2.24, 2.45) is 0 Å². The minimum absolute atomic E-state index is 0.161. The molecule has 2 aromatic heterocycles. The Labute approximate surface area is 170 Å². The fourth-order valence-corrected chi connectivity index (χ4v) is 2.86. The highest BCUT2D eigenvalue weighted by molar-refractivity contribution is 5.94. The number of aliphatic hydroxyl groups excluding tert-OH is 2. The maximum Gasteiger partial charge on any atom is 0.293 e. The third-order valence-corrected chi connectivity index (χ3v) is 4.30. The molecule has 0 aliphatic rings. The van der Waals surface area contributed by atoms with Gasteiger partial charge >= 0.3 is 0 Å². The topological polar surface area (TPSA) is 105 Å². The van der Waals surface area contributed by atoms with E-state index in [2.05, 4.69) is 10.5 Å². The van der Waals surface area contributed by atoms with Gasteiger partial charge in [-0.25, -0.2) is 19.2 Å². The van der Waals surface area contributed by atoms with Crippen molar-refractivity contribution in [1.29, 1.82) is 0 Å². The van der Waals surface area contributed by atoms with Crippen molar-refractivity contribution in [3.8, 4) is 5.75 Å². The maximum absolute atomic E-state index is 13.9. The summed E-state index contributed by atoms with van der Waals surface area (Å²) < 4.78 is 34.9. The van der Waals surface area contributed by atoms with Crippen LogP contribution in [-0.4, -0.2) is 44.8 Å². The highest BCUT2D eigenvalue weighted by atomic mass is 19.1. The molecule has 1 amide bonds. The van der Waals surface area contributed by atoms with E-state index in [1.807, 2.05) is 0 Å². The van der Waals surface area contributed by atoms with Gasteiger partial charge in [0.25, 0.3) is 5.91 Å². The Balaban J connectivity index is 1.87. The van der Waals surface area contributed by atoms with E-state index in [9.17, 15) is 18.7 Å². The predicted molar refractivity (Wildman–Crippen MR) is 102 cm³/mol. The fraction of sp³-hybridized carbons (Fsp3) is 0.300. The molecule has 0 saturated heterocycles. The van der Waals surface area contributed by atoms with Crippen LogP contribution in [0, 0.1) is 25.5 Å². The molecule has 1 atom stereocenters. The van der Waals surface area contributed by atoms with E-state index in [1.54, 1.807) is 26.1 Å². The summed E-state index contributed by atoms with van der Waals surface area (Å²) in [4.78, 5) is 21.8. The highest BCUT2D eigenvalue weighted by Crippen LogP contribution is 2.26. The van der Waals surface area contributed by atoms with Gasteiger partial charge < -0.3 is 14.9 Å². The number of aromatic nitrogens is 2. The normalized spacial score (nSPS) is 12.2. The summed E-state index contributed by atoms with van der Waals surface area (Å²) in [6.07, 6.45) is 0.526. The van der Waals surface area contributed by atoms with Gasteiger partial charge in [0.05, 0.1) is 17.9 Å². The number of hydroxylamine groups is 1. The molecule has 3 N–H and O–H groups in total. The maximum atomic E-state index is 13.9. The number of nitrogens with zero attached hydrogens (tertiary/aromatic N) is 2. The van der Waals surface area contributed by atoms with Crippen molar-refractivity contribution in [2.45, 2.75) is 26.6 Å². The molecule has 0 aliphatic carbocycles. The number of hydrogen-bond acceptors (Lipinski definition) is 6. The predicted octanol–water partition coefficient (Wildman–Crippen LogP) is 1.82. The average molecular weight is 421 g/mol. The summed E-state index contributed by atoms with van der Waals surface area (Å²) in [5.41, 5.74) is 3.50. The number of pyridine rings is 1. The van der Waals surface area contributed by atoms with Crippen molar-refractivity contribution >= 4 is 11.6 Å². The number of amides is 1. The minimum atomic E-state index is -1.13. The van der Waals surface area contributed by atoms with E-state index in [0.717, 1.165) is 17.7 Å². The lowest BCUT2D eigenvalue weighted by atomic mass is 10.2.